The van der Waals surface area contributed by atoms with Gasteiger partial charge in [0.2, 0.25) is 0 Å². The summed E-state index contributed by atoms with van der Waals surface area (Å²) in [6, 6.07) is 4.04. The molecule has 7 heavy (non-hydrogen) atoms. The molecule has 0 spiro atoms. The van der Waals surface area contributed by atoms with Crippen LogP contribution >= 0.6 is 11.3 Å². The summed E-state index contributed by atoms with van der Waals surface area (Å²) in [6.45, 7) is 0. The summed E-state index contributed by atoms with van der Waals surface area (Å²) in [5.41, 5.74) is 0. The largest absolute Gasteiger partial charge is 0.152 e. The van der Waals surface area contributed by atoms with E-state index in [1.165, 1.54) is 0 Å². The van der Waals surface area contributed by atoms with Crippen LogP contribution < -0.4 is 0 Å². The molecule has 0 bridgehead atoms. The Morgan fingerprint density at radius 1 is 1.00 bits per heavy atom. The fourth-order valence-corrected chi connectivity index (χ4v) is 0.680. The topological polar surface area (TPSA) is 0 Å². The molecule has 0 unspecified atom stereocenters. The zero-order valence-electron chi connectivity index (χ0n) is 4.72. The second-order valence-electron chi connectivity index (χ2n) is 0.793. The van der Waals surface area contributed by atoms with E-state index in [9.17, 15) is 0 Å². The van der Waals surface area contributed by atoms with Crippen LogP contribution in [0.1, 0.15) is 0 Å². The third-order valence-corrected chi connectivity index (χ3v) is 1.05. The molecule has 3 heteroatoms. The molecular weight excluding hydrogens is 318 g/mol. The average Bonchev–Trinajstić information content (AvgIpc) is 2.23. The van der Waals surface area contributed by atoms with Gasteiger partial charge in [-0.1, -0.05) is 12.1 Å². The standard InChI is InChI=1S/C4H4S.2Sn.6H/c1-2-4-5-3-1;;;;;;;;/h1-4H;;;;;;;;. The van der Waals surface area contributed by atoms with E-state index in [2.05, 4.69) is 0 Å². The Balaban J connectivity index is 0.000000162. The molecule has 40 valence electrons. The third-order valence-electron chi connectivity index (χ3n) is 0.425. The maximum atomic E-state index is 2.04. The minimum Gasteiger partial charge on any atom is -0.152 e. The number of thiophene rings is 1. The first-order chi connectivity index (χ1) is 3.50. The Morgan fingerprint density at radius 2 is 1.43 bits per heavy atom. The molecule has 1 heterocycles. The van der Waals surface area contributed by atoms with Gasteiger partial charge in [-0.25, -0.2) is 0 Å². The van der Waals surface area contributed by atoms with Gasteiger partial charge in [0.05, 0.1) is 0 Å². The van der Waals surface area contributed by atoms with Crippen LogP contribution in [0.4, 0.5) is 0 Å². The van der Waals surface area contributed by atoms with Gasteiger partial charge < -0.3 is 0 Å². The zero-order valence-corrected chi connectivity index (χ0v) is 17.0. The van der Waals surface area contributed by atoms with Crippen molar-refractivity contribution in [3.63, 3.8) is 0 Å². The van der Waals surface area contributed by atoms with E-state index in [0.29, 0.717) is 0 Å². The van der Waals surface area contributed by atoms with Crippen LogP contribution in [0.3, 0.4) is 0 Å². The van der Waals surface area contributed by atoms with Crippen LogP contribution in [0.5, 0.6) is 0 Å². The Morgan fingerprint density at radius 3 is 1.57 bits per heavy atom. The molecule has 0 aliphatic carbocycles. The predicted octanol–water partition coefficient (Wildman–Crippen LogP) is -0.620. The van der Waals surface area contributed by atoms with Crippen molar-refractivity contribution < 1.29 is 0 Å². The van der Waals surface area contributed by atoms with Crippen molar-refractivity contribution in [3.05, 3.63) is 22.9 Å². The van der Waals surface area contributed by atoms with Crippen LogP contribution in [-0.2, 0) is 0 Å². The summed E-state index contributed by atoms with van der Waals surface area (Å²) in [5.74, 6) is 0. The number of rotatable bonds is 0. The van der Waals surface area contributed by atoms with Crippen LogP contribution in [0, 0.1) is 0 Å². The molecule has 0 saturated carbocycles. The number of hydrogen-bond donors (Lipinski definition) is 0. The second-order valence-corrected chi connectivity index (χ2v) is 1.61. The molecule has 0 aliphatic rings. The summed E-state index contributed by atoms with van der Waals surface area (Å²) < 4.78 is 0. The Hall–Kier alpha value is 1.30. The summed E-state index contributed by atoms with van der Waals surface area (Å²) >= 11 is 4.03. The van der Waals surface area contributed by atoms with Crippen molar-refractivity contribution in [2.24, 2.45) is 0 Å². The third kappa shape index (κ3) is 5.16. The first-order valence-corrected chi connectivity index (χ1v) is 47.4. The average molecular weight is 328 g/mol. The van der Waals surface area contributed by atoms with Crippen LogP contribution in [0.25, 0.3) is 0 Å². The molecular formula is C4H10SSn2. The van der Waals surface area contributed by atoms with Gasteiger partial charge in [0.1, 0.15) is 0 Å². The summed E-state index contributed by atoms with van der Waals surface area (Å²) in [6.07, 6.45) is 0. The Labute approximate surface area is 70.6 Å². The van der Waals surface area contributed by atoms with E-state index in [-0.39, 0.29) is 0 Å². The SMILES string of the molecule is [SnH3][SnH3].c1ccsc1. The van der Waals surface area contributed by atoms with Gasteiger partial charge in [-0.2, -0.15) is 11.3 Å². The molecule has 0 fully saturated rings. The molecule has 0 saturated heterocycles. The fraction of sp³-hybridized carbons (Fsp3) is 0. The van der Waals surface area contributed by atoms with Crippen molar-refractivity contribution in [2.45, 2.75) is 0 Å². The smallest absolute Gasteiger partial charge is 0.00934 e. The predicted molar refractivity (Wildman–Crippen MR) is 44.2 cm³/mol. The maximum Gasteiger partial charge on any atom is -0.00934 e. The fourth-order valence-electron chi connectivity index (χ4n) is 0.227. The normalized spacial score (nSPS) is 7.43. The van der Waals surface area contributed by atoms with Crippen LogP contribution in [-0.4, -0.2) is 37.1 Å². The zero-order chi connectivity index (χ0) is 5.54. The van der Waals surface area contributed by atoms with Crippen molar-refractivity contribution in [2.75, 3.05) is 0 Å². The maximum absolute atomic E-state index is 2.04. The summed E-state index contributed by atoms with van der Waals surface area (Å²) in [4.78, 5) is 0. The first kappa shape index (κ1) is 8.30. The molecule has 0 aromatic carbocycles. The molecule has 0 nitrogen and oxygen atoms in total. The van der Waals surface area contributed by atoms with Crippen molar-refractivity contribution in [3.8, 4) is 0 Å². The molecule has 0 N–H and O–H groups in total. The minimum absolute atomic E-state index is 1.16. The van der Waals surface area contributed by atoms with E-state index >= 15 is 0 Å². The van der Waals surface area contributed by atoms with Crippen molar-refractivity contribution in [1.82, 2.24) is 0 Å². The van der Waals surface area contributed by atoms with Gasteiger partial charge >= 0.3 is 37.1 Å². The monoisotopic (exact) mass is 330 g/mol. The van der Waals surface area contributed by atoms with E-state index in [4.69, 9.17) is 0 Å². The van der Waals surface area contributed by atoms with Gasteiger partial charge in [0.25, 0.3) is 0 Å². The molecule has 0 atom stereocenters. The van der Waals surface area contributed by atoms with E-state index in [1.807, 2.05) is 22.9 Å². The van der Waals surface area contributed by atoms with Crippen LogP contribution in [0.15, 0.2) is 22.9 Å². The Kier molecular flexibility index (Phi) is 8.65. The summed E-state index contributed by atoms with van der Waals surface area (Å²) in [7, 11) is 0. The molecule has 1 aromatic heterocycles. The van der Waals surface area contributed by atoms with Crippen molar-refractivity contribution >= 4 is 48.5 Å². The quantitative estimate of drug-likeness (QED) is 0.557. The minimum atomic E-state index is 1.16. The Bertz CT molecular complexity index is 66.2. The van der Waals surface area contributed by atoms with E-state index in [0.717, 1.165) is 37.1 Å². The summed E-state index contributed by atoms with van der Waals surface area (Å²) in [5, 5.41) is 4.08. The number of hydrogen-bond acceptors (Lipinski definition) is 1. The van der Waals surface area contributed by atoms with Crippen LogP contribution in [0.2, 0.25) is 0 Å². The van der Waals surface area contributed by atoms with Crippen molar-refractivity contribution in [1.29, 1.82) is 0 Å². The molecule has 0 amide bonds. The second kappa shape index (κ2) is 7.30. The van der Waals surface area contributed by atoms with Gasteiger partial charge in [0.15, 0.2) is 0 Å². The molecule has 0 aliphatic heterocycles. The molecule has 0 radical (unpaired) electrons. The van der Waals surface area contributed by atoms with Gasteiger partial charge in [-0.3, -0.25) is 0 Å². The van der Waals surface area contributed by atoms with Gasteiger partial charge in [-0.15, -0.1) is 0 Å². The van der Waals surface area contributed by atoms with Gasteiger partial charge in [-0.05, 0) is 10.8 Å². The molecule has 1 rings (SSSR count). The first-order valence-electron chi connectivity index (χ1n) is 2.47. The van der Waals surface area contributed by atoms with E-state index < -0.39 is 0 Å². The molecule has 1 aromatic rings. The van der Waals surface area contributed by atoms with E-state index in [1.54, 1.807) is 11.3 Å². The van der Waals surface area contributed by atoms with Gasteiger partial charge in [0, 0.05) is 0 Å².